The van der Waals surface area contributed by atoms with Gasteiger partial charge in [0.25, 0.3) is 5.78 Å². The molecule has 0 radical (unpaired) electrons. The molecule has 4 rings (SSSR count). The Labute approximate surface area is 170 Å². The fourth-order valence-corrected chi connectivity index (χ4v) is 3.96. The maximum atomic E-state index is 12.9. The molecule has 1 fully saturated rings. The van der Waals surface area contributed by atoms with E-state index in [1.54, 1.807) is 54.9 Å². The summed E-state index contributed by atoms with van der Waals surface area (Å²) in [6, 6.07) is 9.26. The van der Waals surface area contributed by atoms with E-state index in [1.807, 2.05) is 6.92 Å². The first-order valence-corrected chi connectivity index (χ1v) is 9.89. The Bertz CT molecular complexity index is 1100. The first-order chi connectivity index (χ1) is 14.0. The van der Waals surface area contributed by atoms with Crippen LogP contribution >= 0.6 is 11.3 Å². The van der Waals surface area contributed by atoms with Crippen LogP contribution < -0.4 is 9.64 Å². The zero-order chi connectivity index (χ0) is 20.5. The smallest absolute Gasteiger partial charge is 0.302 e. The van der Waals surface area contributed by atoms with Crippen LogP contribution in [-0.2, 0) is 9.59 Å². The number of amides is 1. The number of carbonyl (C=O) groups is 2. The minimum absolute atomic E-state index is 0.0480. The Morgan fingerprint density at radius 1 is 1.31 bits per heavy atom. The molecule has 3 heterocycles. The van der Waals surface area contributed by atoms with Crippen molar-refractivity contribution in [1.82, 2.24) is 4.98 Å². The van der Waals surface area contributed by atoms with E-state index < -0.39 is 17.7 Å². The van der Waals surface area contributed by atoms with Crippen molar-refractivity contribution in [3.05, 3.63) is 70.6 Å². The molecule has 1 aromatic carbocycles. The van der Waals surface area contributed by atoms with Gasteiger partial charge in [0, 0.05) is 17.1 Å². The standard InChI is InChI=1S/C21H18N2O5S/c1-3-27-14-6-4-5-13(11-14)18(24)16-17(15-8-7-12(2)28-15)23(20(26)19(16)25)21-22-9-10-29-21/h4-11,17,24H,3H2,1-2H3. The molecule has 8 heteroatoms. The molecule has 1 aliphatic rings. The van der Waals surface area contributed by atoms with Crippen LogP contribution in [0.5, 0.6) is 5.75 Å². The van der Waals surface area contributed by atoms with Crippen molar-refractivity contribution in [2.75, 3.05) is 11.5 Å². The molecule has 3 aromatic rings. The van der Waals surface area contributed by atoms with Gasteiger partial charge in [0.1, 0.15) is 29.1 Å². The highest BCUT2D eigenvalue weighted by molar-refractivity contribution is 7.14. The number of hydrogen-bond acceptors (Lipinski definition) is 7. The second kappa shape index (κ2) is 7.56. The molecule has 0 spiro atoms. The Hall–Kier alpha value is -3.39. The number of thiazole rings is 1. The average Bonchev–Trinajstić information content (AvgIpc) is 3.43. The molecule has 148 valence electrons. The van der Waals surface area contributed by atoms with Crippen LogP contribution in [-0.4, -0.2) is 28.4 Å². The van der Waals surface area contributed by atoms with Gasteiger partial charge in [-0.3, -0.25) is 14.5 Å². The van der Waals surface area contributed by atoms with E-state index >= 15 is 0 Å². The lowest BCUT2D eigenvalue weighted by atomic mass is 9.99. The van der Waals surface area contributed by atoms with Crippen molar-refractivity contribution >= 4 is 33.9 Å². The van der Waals surface area contributed by atoms with Crippen LogP contribution in [0.2, 0.25) is 0 Å². The van der Waals surface area contributed by atoms with Gasteiger partial charge >= 0.3 is 5.91 Å². The third kappa shape index (κ3) is 3.31. The predicted octanol–water partition coefficient (Wildman–Crippen LogP) is 4.07. The molecular weight excluding hydrogens is 392 g/mol. The molecule has 7 nitrogen and oxygen atoms in total. The maximum absolute atomic E-state index is 12.9. The highest BCUT2D eigenvalue weighted by Gasteiger charge is 2.49. The highest BCUT2D eigenvalue weighted by Crippen LogP contribution is 2.43. The summed E-state index contributed by atoms with van der Waals surface area (Å²) in [5, 5.41) is 13.1. The van der Waals surface area contributed by atoms with E-state index in [4.69, 9.17) is 9.15 Å². The highest BCUT2D eigenvalue weighted by atomic mass is 32.1. The Morgan fingerprint density at radius 3 is 2.79 bits per heavy atom. The number of rotatable bonds is 5. The van der Waals surface area contributed by atoms with E-state index in [0.717, 1.165) is 0 Å². The minimum Gasteiger partial charge on any atom is -0.507 e. The van der Waals surface area contributed by atoms with Gasteiger partial charge < -0.3 is 14.3 Å². The van der Waals surface area contributed by atoms with Crippen LogP contribution in [0.1, 0.15) is 30.0 Å². The Kier molecular flexibility index (Phi) is 4.94. The largest absolute Gasteiger partial charge is 0.507 e. The van der Waals surface area contributed by atoms with Gasteiger partial charge in [0.05, 0.1) is 12.2 Å². The summed E-state index contributed by atoms with van der Waals surface area (Å²) in [5.74, 6) is -0.290. The van der Waals surface area contributed by atoms with Crippen molar-refractivity contribution in [3.8, 4) is 5.75 Å². The maximum Gasteiger partial charge on any atom is 0.302 e. The van der Waals surface area contributed by atoms with Gasteiger partial charge in [-0.25, -0.2) is 4.98 Å². The third-order valence-electron chi connectivity index (χ3n) is 4.52. The first-order valence-electron chi connectivity index (χ1n) is 9.01. The lowest BCUT2D eigenvalue weighted by Crippen LogP contribution is -2.29. The van der Waals surface area contributed by atoms with Crippen molar-refractivity contribution < 1.29 is 23.8 Å². The van der Waals surface area contributed by atoms with Gasteiger partial charge in [0.15, 0.2) is 5.13 Å². The SMILES string of the molecule is CCOc1cccc(C(O)=C2C(=O)C(=O)N(c3nccs3)C2c2ccc(C)o2)c1. The zero-order valence-corrected chi connectivity index (χ0v) is 16.6. The van der Waals surface area contributed by atoms with Crippen molar-refractivity contribution in [3.63, 3.8) is 0 Å². The number of aliphatic hydroxyl groups excluding tert-OH is 1. The van der Waals surface area contributed by atoms with Crippen LogP contribution in [0.25, 0.3) is 5.76 Å². The number of ketones is 1. The van der Waals surface area contributed by atoms with Gasteiger partial charge in [-0.05, 0) is 38.1 Å². The lowest BCUT2D eigenvalue weighted by molar-refractivity contribution is -0.132. The zero-order valence-electron chi connectivity index (χ0n) is 15.8. The van der Waals surface area contributed by atoms with Gasteiger partial charge in [-0.2, -0.15) is 0 Å². The van der Waals surface area contributed by atoms with Crippen LogP contribution in [0.4, 0.5) is 5.13 Å². The second-order valence-electron chi connectivity index (χ2n) is 6.39. The summed E-state index contributed by atoms with van der Waals surface area (Å²) < 4.78 is 11.2. The monoisotopic (exact) mass is 410 g/mol. The molecule has 1 saturated heterocycles. The molecule has 1 amide bonds. The Morgan fingerprint density at radius 2 is 2.14 bits per heavy atom. The van der Waals surface area contributed by atoms with Crippen molar-refractivity contribution in [2.24, 2.45) is 0 Å². The summed E-state index contributed by atoms with van der Waals surface area (Å²) >= 11 is 1.23. The minimum atomic E-state index is -0.911. The molecule has 2 aromatic heterocycles. The molecule has 29 heavy (non-hydrogen) atoms. The average molecular weight is 410 g/mol. The number of ether oxygens (including phenoxy) is 1. The van der Waals surface area contributed by atoms with Gasteiger partial charge in [-0.1, -0.05) is 12.1 Å². The molecule has 0 saturated carbocycles. The lowest BCUT2D eigenvalue weighted by Gasteiger charge is -2.20. The molecule has 1 N–H and O–H groups in total. The fourth-order valence-electron chi connectivity index (χ4n) is 3.29. The van der Waals surface area contributed by atoms with E-state index in [9.17, 15) is 14.7 Å². The number of hydrogen-bond donors (Lipinski definition) is 1. The van der Waals surface area contributed by atoms with E-state index in [0.29, 0.717) is 34.6 Å². The number of furan rings is 1. The van der Waals surface area contributed by atoms with Gasteiger partial charge in [-0.15, -0.1) is 11.3 Å². The fraction of sp³-hybridized carbons (Fsp3) is 0.190. The number of carbonyl (C=O) groups excluding carboxylic acids is 2. The number of benzene rings is 1. The summed E-state index contributed by atoms with van der Waals surface area (Å²) in [5.41, 5.74) is 0.328. The first kappa shape index (κ1) is 18.9. The van der Waals surface area contributed by atoms with Crippen molar-refractivity contribution in [1.29, 1.82) is 0 Å². The summed E-state index contributed by atoms with van der Waals surface area (Å²) in [6.07, 6.45) is 1.55. The number of aryl methyl sites for hydroxylation is 1. The van der Waals surface area contributed by atoms with Crippen molar-refractivity contribution in [2.45, 2.75) is 19.9 Å². The van der Waals surface area contributed by atoms with E-state index in [2.05, 4.69) is 4.98 Å². The number of anilines is 1. The molecule has 0 bridgehead atoms. The van der Waals surface area contributed by atoms with E-state index in [-0.39, 0.29) is 11.3 Å². The molecular formula is C21H18N2O5S. The summed E-state index contributed by atoms with van der Waals surface area (Å²) in [4.78, 5) is 31.2. The number of aliphatic hydroxyl groups is 1. The van der Waals surface area contributed by atoms with Gasteiger partial charge in [0.2, 0.25) is 0 Å². The number of Topliss-reactive ketones (excluding diaryl/α,β-unsaturated/α-hetero) is 1. The normalized spacial score (nSPS) is 18.4. The molecule has 1 atom stereocenters. The van der Waals surface area contributed by atoms with Crippen LogP contribution in [0, 0.1) is 6.92 Å². The quantitative estimate of drug-likeness (QED) is 0.387. The Balaban J connectivity index is 1.90. The topological polar surface area (TPSA) is 92.9 Å². The molecule has 1 unspecified atom stereocenters. The summed E-state index contributed by atoms with van der Waals surface area (Å²) in [6.45, 7) is 4.08. The summed E-state index contributed by atoms with van der Waals surface area (Å²) in [7, 11) is 0. The molecule has 1 aliphatic heterocycles. The number of nitrogens with zero attached hydrogens (tertiary/aromatic N) is 2. The van der Waals surface area contributed by atoms with Crippen LogP contribution in [0.15, 0.2) is 58.0 Å². The van der Waals surface area contributed by atoms with Crippen LogP contribution in [0.3, 0.4) is 0 Å². The predicted molar refractivity (Wildman–Crippen MR) is 108 cm³/mol. The molecule has 0 aliphatic carbocycles. The number of aromatic nitrogens is 1. The van der Waals surface area contributed by atoms with E-state index in [1.165, 1.54) is 16.2 Å². The third-order valence-corrected chi connectivity index (χ3v) is 5.29. The second-order valence-corrected chi connectivity index (χ2v) is 7.27.